The normalized spacial score (nSPS) is 10.5. The van der Waals surface area contributed by atoms with Gasteiger partial charge in [0.1, 0.15) is 5.58 Å². The van der Waals surface area contributed by atoms with Gasteiger partial charge in [0.2, 0.25) is 0 Å². The van der Waals surface area contributed by atoms with Crippen LogP contribution in [-0.2, 0) is 0 Å². The molecule has 0 aliphatic carbocycles. The summed E-state index contributed by atoms with van der Waals surface area (Å²) in [5.74, 6) is -0.195. The molecule has 0 spiro atoms. The molecule has 2 aromatic carbocycles. The lowest BCUT2D eigenvalue weighted by molar-refractivity contribution is 0.102. The molecule has 5 heteroatoms. The maximum absolute atomic E-state index is 12.1. The molecule has 0 radical (unpaired) electrons. The molecule has 0 unspecified atom stereocenters. The average Bonchev–Trinajstić information content (AvgIpc) is 2.48. The van der Waals surface area contributed by atoms with Crippen LogP contribution in [0.15, 0.2) is 68.3 Å². The highest BCUT2D eigenvalue weighted by Gasteiger charge is 2.06. The van der Waals surface area contributed by atoms with Crippen LogP contribution in [0.2, 0.25) is 0 Å². The third-order valence-electron chi connectivity index (χ3n) is 2.98. The summed E-state index contributed by atoms with van der Waals surface area (Å²) in [4.78, 5) is 23.2. The molecule has 3 rings (SSSR count). The SMILES string of the molecule is O=C(Nc1ccc2oc(=O)ccc2c1)c1ccc(Br)cc1. The topological polar surface area (TPSA) is 59.3 Å². The fraction of sp³-hybridized carbons (Fsp3) is 0. The fourth-order valence-corrected chi connectivity index (χ4v) is 2.22. The molecular weight excluding hydrogens is 334 g/mol. The van der Waals surface area contributed by atoms with Crippen LogP contribution in [0.5, 0.6) is 0 Å². The van der Waals surface area contributed by atoms with Crippen molar-refractivity contribution in [2.45, 2.75) is 0 Å². The van der Waals surface area contributed by atoms with Crippen molar-refractivity contribution in [3.63, 3.8) is 0 Å². The van der Waals surface area contributed by atoms with Gasteiger partial charge in [-0.2, -0.15) is 0 Å². The van der Waals surface area contributed by atoms with Crippen molar-refractivity contribution in [3.8, 4) is 0 Å². The summed E-state index contributed by atoms with van der Waals surface area (Å²) in [6.07, 6.45) is 0. The Labute approximate surface area is 128 Å². The Bertz CT molecular complexity index is 869. The van der Waals surface area contributed by atoms with E-state index in [0.717, 1.165) is 9.86 Å². The Morgan fingerprint density at radius 1 is 1.00 bits per heavy atom. The van der Waals surface area contributed by atoms with Crippen LogP contribution in [0.25, 0.3) is 11.0 Å². The molecule has 0 saturated carbocycles. The minimum absolute atomic E-state index is 0.195. The van der Waals surface area contributed by atoms with E-state index in [2.05, 4.69) is 21.2 Å². The third kappa shape index (κ3) is 3.03. The quantitative estimate of drug-likeness (QED) is 0.719. The molecule has 3 aromatic rings. The first-order chi connectivity index (χ1) is 10.1. The van der Waals surface area contributed by atoms with Gasteiger partial charge in [0.25, 0.3) is 5.91 Å². The predicted octanol–water partition coefficient (Wildman–Crippen LogP) is 3.81. The minimum Gasteiger partial charge on any atom is -0.423 e. The predicted molar refractivity (Wildman–Crippen MR) is 84.6 cm³/mol. The number of carbonyl (C=O) groups is 1. The molecule has 0 atom stereocenters. The largest absolute Gasteiger partial charge is 0.423 e. The number of hydrogen-bond donors (Lipinski definition) is 1. The highest BCUT2D eigenvalue weighted by atomic mass is 79.9. The van der Waals surface area contributed by atoms with Gasteiger partial charge in [0, 0.05) is 27.2 Å². The maximum atomic E-state index is 12.1. The Hall–Kier alpha value is -2.40. The molecule has 1 aromatic heterocycles. The standard InChI is InChI=1S/C16H10BrNO3/c17-12-4-1-10(2-5-12)16(20)18-13-6-7-14-11(9-13)3-8-15(19)21-14/h1-9H,(H,18,20). The summed E-state index contributed by atoms with van der Waals surface area (Å²) in [6, 6.07) is 15.2. The summed E-state index contributed by atoms with van der Waals surface area (Å²) in [5.41, 5.74) is 1.31. The molecule has 0 fully saturated rings. The number of nitrogens with one attached hydrogen (secondary N) is 1. The van der Waals surface area contributed by atoms with E-state index in [-0.39, 0.29) is 5.91 Å². The molecule has 4 nitrogen and oxygen atoms in total. The van der Waals surface area contributed by atoms with Gasteiger partial charge in [0.15, 0.2) is 0 Å². The van der Waals surface area contributed by atoms with Crippen LogP contribution < -0.4 is 10.9 Å². The molecule has 0 aliphatic rings. The maximum Gasteiger partial charge on any atom is 0.336 e. The van der Waals surface area contributed by atoms with Gasteiger partial charge in [-0.05, 0) is 48.5 Å². The van der Waals surface area contributed by atoms with Gasteiger partial charge in [-0.3, -0.25) is 4.79 Å². The van der Waals surface area contributed by atoms with Gasteiger partial charge >= 0.3 is 5.63 Å². The van der Waals surface area contributed by atoms with Gasteiger partial charge in [-0.1, -0.05) is 15.9 Å². The van der Waals surface area contributed by atoms with Crippen molar-refractivity contribution in [2.75, 3.05) is 5.32 Å². The van der Waals surface area contributed by atoms with E-state index in [0.29, 0.717) is 16.8 Å². The van der Waals surface area contributed by atoms with Crippen LogP contribution in [0, 0.1) is 0 Å². The number of hydrogen-bond acceptors (Lipinski definition) is 3. The van der Waals surface area contributed by atoms with E-state index in [1.807, 2.05) is 12.1 Å². The number of rotatable bonds is 2. The van der Waals surface area contributed by atoms with Crippen LogP contribution >= 0.6 is 15.9 Å². The molecular formula is C16H10BrNO3. The van der Waals surface area contributed by atoms with Crippen molar-refractivity contribution in [2.24, 2.45) is 0 Å². The second kappa shape index (κ2) is 5.54. The lowest BCUT2D eigenvalue weighted by atomic mass is 10.2. The van der Waals surface area contributed by atoms with Crippen LogP contribution in [0.3, 0.4) is 0 Å². The molecule has 1 heterocycles. The lowest BCUT2D eigenvalue weighted by Gasteiger charge is -2.06. The molecule has 0 bridgehead atoms. The third-order valence-corrected chi connectivity index (χ3v) is 3.51. The minimum atomic E-state index is -0.394. The van der Waals surface area contributed by atoms with Crippen molar-refractivity contribution in [1.82, 2.24) is 0 Å². The Kier molecular flexibility index (Phi) is 3.58. The first kappa shape index (κ1) is 13.6. The van der Waals surface area contributed by atoms with E-state index in [1.54, 1.807) is 36.4 Å². The first-order valence-electron chi connectivity index (χ1n) is 6.23. The molecule has 0 aliphatic heterocycles. The van der Waals surface area contributed by atoms with E-state index >= 15 is 0 Å². The number of carbonyl (C=O) groups excluding carboxylic acids is 1. The summed E-state index contributed by atoms with van der Waals surface area (Å²) in [7, 11) is 0. The van der Waals surface area contributed by atoms with E-state index in [4.69, 9.17) is 4.42 Å². The van der Waals surface area contributed by atoms with Crippen LogP contribution in [-0.4, -0.2) is 5.91 Å². The molecule has 1 N–H and O–H groups in total. The van der Waals surface area contributed by atoms with Crippen molar-refractivity contribution in [1.29, 1.82) is 0 Å². The van der Waals surface area contributed by atoms with Crippen molar-refractivity contribution >= 4 is 38.5 Å². The second-order valence-corrected chi connectivity index (χ2v) is 5.38. The van der Waals surface area contributed by atoms with Gasteiger partial charge in [-0.25, -0.2) is 4.79 Å². The highest BCUT2D eigenvalue weighted by molar-refractivity contribution is 9.10. The van der Waals surface area contributed by atoms with E-state index < -0.39 is 5.63 Å². The average molecular weight is 344 g/mol. The van der Waals surface area contributed by atoms with E-state index in [1.165, 1.54) is 6.07 Å². The monoisotopic (exact) mass is 343 g/mol. The van der Waals surface area contributed by atoms with Crippen molar-refractivity contribution in [3.05, 3.63) is 75.1 Å². The Morgan fingerprint density at radius 2 is 1.76 bits per heavy atom. The van der Waals surface area contributed by atoms with E-state index in [9.17, 15) is 9.59 Å². The van der Waals surface area contributed by atoms with Crippen molar-refractivity contribution < 1.29 is 9.21 Å². The number of benzene rings is 2. The second-order valence-electron chi connectivity index (χ2n) is 4.47. The molecule has 104 valence electrons. The summed E-state index contributed by atoms with van der Waals surface area (Å²) in [6.45, 7) is 0. The smallest absolute Gasteiger partial charge is 0.336 e. The lowest BCUT2D eigenvalue weighted by Crippen LogP contribution is -2.11. The van der Waals surface area contributed by atoms with Gasteiger partial charge in [-0.15, -0.1) is 0 Å². The Morgan fingerprint density at radius 3 is 2.52 bits per heavy atom. The zero-order valence-corrected chi connectivity index (χ0v) is 12.4. The molecule has 0 saturated heterocycles. The van der Waals surface area contributed by atoms with Crippen LogP contribution in [0.1, 0.15) is 10.4 Å². The first-order valence-corrected chi connectivity index (χ1v) is 7.02. The van der Waals surface area contributed by atoms with Crippen LogP contribution in [0.4, 0.5) is 5.69 Å². The summed E-state index contributed by atoms with van der Waals surface area (Å²) < 4.78 is 5.96. The summed E-state index contributed by atoms with van der Waals surface area (Å²) >= 11 is 3.33. The highest BCUT2D eigenvalue weighted by Crippen LogP contribution is 2.19. The fourth-order valence-electron chi connectivity index (χ4n) is 1.95. The number of amides is 1. The number of halogens is 1. The molecule has 1 amide bonds. The zero-order valence-electron chi connectivity index (χ0n) is 10.8. The number of fused-ring (bicyclic) bond motifs is 1. The molecule has 21 heavy (non-hydrogen) atoms. The van der Waals surface area contributed by atoms with Gasteiger partial charge < -0.3 is 9.73 Å². The van der Waals surface area contributed by atoms with Gasteiger partial charge in [0.05, 0.1) is 0 Å². The zero-order chi connectivity index (χ0) is 14.8. The Balaban J connectivity index is 1.87. The number of anilines is 1. The summed E-state index contributed by atoms with van der Waals surface area (Å²) in [5, 5.41) is 3.56.